The van der Waals surface area contributed by atoms with E-state index < -0.39 is 0 Å². The molecule has 164 valence electrons. The zero-order valence-corrected chi connectivity index (χ0v) is 19.2. The predicted octanol–water partition coefficient (Wildman–Crippen LogP) is 6.71. The molecular weight excluding hydrogens is 372 g/mol. The second-order valence-corrected chi connectivity index (χ2v) is 6.77. The van der Waals surface area contributed by atoms with E-state index >= 15 is 0 Å². The van der Waals surface area contributed by atoms with Crippen LogP contribution in [0.1, 0.15) is 64.5 Å². The highest BCUT2D eigenvalue weighted by molar-refractivity contribution is 5.92. The Labute approximate surface area is 181 Å². The van der Waals surface area contributed by atoms with Crippen molar-refractivity contribution in [2.45, 2.75) is 72.9 Å². The van der Waals surface area contributed by atoms with Gasteiger partial charge in [-0.05, 0) is 25.3 Å². The summed E-state index contributed by atoms with van der Waals surface area (Å²) in [6.45, 7) is 12.9. The number of aromatic amines is 1. The molecule has 2 heterocycles. The van der Waals surface area contributed by atoms with E-state index in [-0.39, 0.29) is 0 Å². The Morgan fingerprint density at radius 1 is 1.03 bits per heavy atom. The molecule has 0 aliphatic heterocycles. The summed E-state index contributed by atoms with van der Waals surface area (Å²) in [6, 6.07) is 11.3. The van der Waals surface area contributed by atoms with E-state index in [1.807, 2.05) is 46.9 Å². The van der Waals surface area contributed by atoms with Crippen molar-refractivity contribution >= 4 is 29.2 Å². The molecule has 0 radical (unpaired) electrons. The first kappa shape index (κ1) is 25.2. The van der Waals surface area contributed by atoms with Gasteiger partial charge < -0.3 is 20.4 Å². The topological polar surface area (TPSA) is 69.8 Å². The number of nitrogens with one attached hydrogen (secondary N) is 3. The van der Waals surface area contributed by atoms with Crippen molar-refractivity contribution in [3.8, 4) is 0 Å². The number of hydrogen-bond acceptors (Lipinski definition) is 4. The number of carbonyl (C=O) groups excluding carboxylic acids is 1. The molecule has 5 nitrogen and oxygen atoms in total. The Morgan fingerprint density at radius 2 is 1.67 bits per heavy atom. The summed E-state index contributed by atoms with van der Waals surface area (Å²) >= 11 is 0. The summed E-state index contributed by atoms with van der Waals surface area (Å²) in [4.78, 5) is 15.9. The first-order chi connectivity index (χ1) is 14.8. The number of aromatic nitrogens is 2. The Morgan fingerprint density at radius 3 is 2.30 bits per heavy atom. The lowest BCUT2D eigenvalue weighted by Gasteiger charge is -2.16. The molecule has 1 aliphatic carbocycles. The van der Waals surface area contributed by atoms with Gasteiger partial charge in [0, 0.05) is 42.1 Å². The summed E-state index contributed by atoms with van der Waals surface area (Å²) in [5.41, 5.74) is 4.74. The maximum Gasteiger partial charge on any atom is 0.129 e. The lowest BCUT2D eigenvalue weighted by atomic mass is 10.1. The highest BCUT2D eigenvalue weighted by Crippen LogP contribution is 2.29. The standard InChI is InChI=1S/C20H24N4.2C2H6.CH2O/c1-14-6-8-15(9-7-14)11-22-20-10-18(23-16-4-2-3-5-16)17-12-21-13-19(17)24-20;3*1-2/h6-10,12-13,16,21,23H,2-5,11H2,1H3,(H,22,24);2*1-2H3;1H2. The maximum atomic E-state index is 8.00. The Bertz CT molecular complexity index is 836. The van der Waals surface area contributed by atoms with Gasteiger partial charge in [0.25, 0.3) is 0 Å². The smallest absolute Gasteiger partial charge is 0.129 e. The molecule has 0 atom stereocenters. The second kappa shape index (κ2) is 14.2. The summed E-state index contributed by atoms with van der Waals surface area (Å²) < 4.78 is 0. The summed E-state index contributed by atoms with van der Waals surface area (Å²) in [5, 5.41) is 8.35. The minimum Gasteiger partial charge on any atom is -0.382 e. The van der Waals surface area contributed by atoms with E-state index in [1.54, 1.807) is 0 Å². The Balaban J connectivity index is 0.000000691. The number of H-pyrrole nitrogens is 1. The largest absolute Gasteiger partial charge is 0.382 e. The highest BCUT2D eigenvalue weighted by atomic mass is 16.1. The predicted molar refractivity (Wildman–Crippen MR) is 130 cm³/mol. The molecule has 4 rings (SSSR count). The fraction of sp³-hybridized carbons (Fsp3) is 0.440. The molecule has 1 fully saturated rings. The lowest BCUT2D eigenvalue weighted by Crippen LogP contribution is -2.15. The van der Waals surface area contributed by atoms with Crippen LogP contribution < -0.4 is 10.6 Å². The summed E-state index contributed by atoms with van der Waals surface area (Å²) in [6.07, 6.45) is 9.19. The minimum absolute atomic E-state index is 0.593. The van der Waals surface area contributed by atoms with Gasteiger partial charge in [-0.25, -0.2) is 4.98 Å². The number of nitrogens with zero attached hydrogens (tertiary/aromatic N) is 1. The molecule has 1 aromatic carbocycles. The highest BCUT2D eigenvalue weighted by Gasteiger charge is 2.16. The molecule has 0 spiro atoms. The average Bonchev–Trinajstić information content (AvgIpc) is 3.50. The molecule has 5 heteroatoms. The third-order valence-electron chi connectivity index (χ3n) is 4.84. The average molecular weight is 411 g/mol. The van der Waals surface area contributed by atoms with E-state index in [1.165, 1.54) is 47.9 Å². The Kier molecular flexibility index (Phi) is 11.9. The van der Waals surface area contributed by atoms with Crippen LogP contribution in [-0.4, -0.2) is 22.8 Å². The number of hydrogen-bond donors (Lipinski definition) is 3. The van der Waals surface area contributed by atoms with E-state index in [0.29, 0.717) is 6.04 Å². The zero-order valence-electron chi connectivity index (χ0n) is 19.2. The van der Waals surface area contributed by atoms with E-state index in [0.717, 1.165) is 17.9 Å². The lowest BCUT2D eigenvalue weighted by molar-refractivity contribution is -0.0979. The quantitative estimate of drug-likeness (QED) is 0.437. The van der Waals surface area contributed by atoms with Gasteiger partial charge in [-0.1, -0.05) is 70.4 Å². The molecule has 2 aromatic heterocycles. The molecule has 1 aliphatic rings. The number of aryl methyl sites for hydroxylation is 1. The number of anilines is 2. The third-order valence-corrected chi connectivity index (χ3v) is 4.84. The maximum absolute atomic E-state index is 8.00. The van der Waals surface area contributed by atoms with Crippen molar-refractivity contribution in [2.75, 3.05) is 10.6 Å². The van der Waals surface area contributed by atoms with Gasteiger partial charge in [0.2, 0.25) is 0 Å². The summed E-state index contributed by atoms with van der Waals surface area (Å²) in [5.74, 6) is 0.920. The number of rotatable bonds is 5. The molecule has 3 aromatic rings. The molecule has 30 heavy (non-hydrogen) atoms. The van der Waals surface area contributed by atoms with Crippen molar-refractivity contribution in [3.63, 3.8) is 0 Å². The van der Waals surface area contributed by atoms with Crippen molar-refractivity contribution < 1.29 is 4.79 Å². The van der Waals surface area contributed by atoms with Gasteiger partial charge in [-0.15, -0.1) is 0 Å². The van der Waals surface area contributed by atoms with Gasteiger partial charge in [0.05, 0.1) is 5.52 Å². The van der Waals surface area contributed by atoms with Gasteiger partial charge in [-0.3, -0.25) is 0 Å². The van der Waals surface area contributed by atoms with Crippen molar-refractivity contribution in [1.82, 2.24) is 9.97 Å². The number of carbonyl (C=O) groups is 1. The van der Waals surface area contributed by atoms with Crippen LogP contribution in [0.25, 0.3) is 10.9 Å². The van der Waals surface area contributed by atoms with Crippen LogP contribution in [0.4, 0.5) is 11.5 Å². The third kappa shape index (κ3) is 7.21. The number of benzene rings is 1. The van der Waals surface area contributed by atoms with Crippen molar-refractivity contribution in [3.05, 3.63) is 53.9 Å². The normalized spacial score (nSPS) is 12.6. The Hall–Kier alpha value is -2.82. The van der Waals surface area contributed by atoms with Gasteiger partial charge in [0.15, 0.2) is 0 Å². The van der Waals surface area contributed by atoms with Crippen LogP contribution in [0.3, 0.4) is 0 Å². The van der Waals surface area contributed by atoms with Crippen LogP contribution in [-0.2, 0) is 11.3 Å². The monoisotopic (exact) mass is 410 g/mol. The SMILES string of the molecule is C=O.CC.CC.Cc1ccc(CNc2cc(NC3CCCC3)c3c[nH]cc3n2)cc1. The first-order valence-electron chi connectivity index (χ1n) is 11.1. The van der Waals surface area contributed by atoms with Crippen LogP contribution in [0.15, 0.2) is 42.7 Å². The van der Waals surface area contributed by atoms with Crippen LogP contribution >= 0.6 is 0 Å². The first-order valence-corrected chi connectivity index (χ1v) is 11.1. The molecule has 0 saturated heterocycles. The van der Waals surface area contributed by atoms with Gasteiger partial charge >= 0.3 is 0 Å². The molecule has 0 unspecified atom stereocenters. The van der Waals surface area contributed by atoms with Crippen molar-refractivity contribution in [1.29, 1.82) is 0 Å². The zero-order chi connectivity index (χ0) is 22.4. The van der Waals surface area contributed by atoms with Crippen LogP contribution in [0.2, 0.25) is 0 Å². The fourth-order valence-electron chi connectivity index (χ4n) is 3.44. The van der Waals surface area contributed by atoms with Crippen LogP contribution in [0, 0.1) is 6.92 Å². The van der Waals surface area contributed by atoms with Gasteiger partial charge in [-0.2, -0.15) is 0 Å². The van der Waals surface area contributed by atoms with E-state index in [2.05, 4.69) is 52.9 Å². The van der Waals surface area contributed by atoms with Crippen LogP contribution in [0.5, 0.6) is 0 Å². The molecular formula is C25H38N4O. The number of pyridine rings is 1. The minimum atomic E-state index is 0.593. The molecule has 3 N–H and O–H groups in total. The van der Waals surface area contributed by atoms with E-state index in [9.17, 15) is 0 Å². The van der Waals surface area contributed by atoms with Gasteiger partial charge in [0.1, 0.15) is 12.6 Å². The number of fused-ring (bicyclic) bond motifs is 1. The fourth-order valence-corrected chi connectivity index (χ4v) is 3.44. The molecule has 1 saturated carbocycles. The second-order valence-electron chi connectivity index (χ2n) is 6.77. The van der Waals surface area contributed by atoms with Crippen molar-refractivity contribution in [2.24, 2.45) is 0 Å². The molecule has 0 bridgehead atoms. The summed E-state index contributed by atoms with van der Waals surface area (Å²) in [7, 11) is 0. The molecule has 0 amide bonds. The van der Waals surface area contributed by atoms with E-state index in [4.69, 9.17) is 9.78 Å².